The summed E-state index contributed by atoms with van der Waals surface area (Å²) in [5, 5.41) is 15.2. The van der Waals surface area contributed by atoms with E-state index < -0.39 is 42.6 Å². The number of piperidine rings is 1. The Hall–Kier alpha value is -3.49. The first-order valence-corrected chi connectivity index (χ1v) is 13.3. The molecule has 9 nitrogen and oxygen atoms in total. The van der Waals surface area contributed by atoms with Gasteiger partial charge in [-0.2, -0.15) is 5.26 Å². The highest BCUT2D eigenvalue weighted by atomic mass is 19.4. The number of nitrogens with zero attached hydrogens (tertiary/aromatic N) is 2. The number of carbonyl (C=O) groups excluding carboxylic acids is 3. The fraction of sp³-hybridized carbons (Fsp3) is 0.630. The Morgan fingerprint density at radius 1 is 1.15 bits per heavy atom. The van der Waals surface area contributed by atoms with Crippen molar-refractivity contribution in [1.29, 1.82) is 5.26 Å². The SMILES string of the molecule is N#C[C@H](C[C@@H]1CCCNC1=O)NC(=O)[C@@H]1CC2(CCCCC2)CN1C(=O)COc1ccc(OC(F)(F)F)cc1. The normalized spacial score (nSPS) is 23.4. The second-order valence-corrected chi connectivity index (χ2v) is 10.7. The Morgan fingerprint density at radius 2 is 1.85 bits per heavy atom. The lowest BCUT2D eigenvalue weighted by atomic mass is 9.72. The van der Waals surface area contributed by atoms with E-state index in [4.69, 9.17) is 4.74 Å². The van der Waals surface area contributed by atoms with Crippen LogP contribution in [0.2, 0.25) is 0 Å². The van der Waals surface area contributed by atoms with Gasteiger partial charge in [-0.05, 0) is 68.2 Å². The molecule has 12 heteroatoms. The molecule has 0 radical (unpaired) electrons. The Kier molecular flexibility index (Phi) is 8.87. The fourth-order valence-electron chi connectivity index (χ4n) is 5.94. The molecule has 0 aromatic heterocycles. The summed E-state index contributed by atoms with van der Waals surface area (Å²) < 4.78 is 46.5. The Morgan fingerprint density at radius 3 is 2.49 bits per heavy atom. The van der Waals surface area contributed by atoms with Crippen LogP contribution < -0.4 is 20.1 Å². The highest BCUT2D eigenvalue weighted by molar-refractivity contribution is 5.89. The number of rotatable bonds is 8. The summed E-state index contributed by atoms with van der Waals surface area (Å²) >= 11 is 0. The van der Waals surface area contributed by atoms with Crippen molar-refractivity contribution in [1.82, 2.24) is 15.5 Å². The first-order chi connectivity index (χ1) is 18.6. The van der Waals surface area contributed by atoms with Crippen molar-refractivity contribution in [3.05, 3.63) is 24.3 Å². The van der Waals surface area contributed by atoms with E-state index in [2.05, 4.69) is 21.4 Å². The van der Waals surface area contributed by atoms with Crippen LogP contribution in [-0.2, 0) is 14.4 Å². The minimum absolute atomic E-state index is 0.121. The highest BCUT2D eigenvalue weighted by Crippen LogP contribution is 2.46. The summed E-state index contributed by atoms with van der Waals surface area (Å²) in [6, 6.07) is 5.16. The average molecular weight is 551 g/mol. The second kappa shape index (κ2) is 12.1. The van der Waals surface area contributed by atoms with E-state index in [9.17, 15) is 32.8 Å². The zero-order chi connectivity index (χ0) is 28.0. The second-order valence-electron chi connectivity index (χ2n) is 10.7. The van der Waals surface area contributed by atoms with Gasteiger partial charge in [0.05, 0.1) is 6.07 Å². The molecule has 2 heterocycles. The van der Waals surface area contributed by atoms with Crippen LogP contribution in [0.4, 0.5) is 13.2 Å². The van der Waals surface area contributed by atoms with Crippen molar-refractivity contribution in [2.75, 3.05) is 19.7 Å². The standard InChI is InChI=1S/C27H33F3N4O5/c28-27(29,30)39-21-8-6-20(7-9-21)38-16-23(35)34-17-26(10-2-1-3-11-26)14-22(34)25(37)33-19(15-31)13-18-5-4-12-32-24(18)36/h6-9,18-19,22H,1-5,10-14,16-17H2,(H,32,36)(H,33,37)/t18-,19-,22-/m0/s1. The van der Waals surface area contributed by atoms with Crippen LogP contribution in [0.5, 0.6) is 11.5 Å². The minimum Gasteiger partial charge on any atom is -0.484 e. The monoisotopic (exact) mass is 550 g/mol. The third kappa shape index (κ3) is 7.55. The smallest absolute Gasteiger partial charge is 0.484 e. The van der Waals surface area contributed by atoms with Crippen LogP contribution >= 0.6 is 0 Å². The fourth-order valence-corrected chi connectivity index (χ4v) is 5.94. The molecule has 1 aromatic carbocycles. The molecule has 0 unspecified atom stereocenters. The van der Waals surface area contributed by atoms with Crippen LogP contribution in [0.15, 0.2) is 24.3 Å². The van der Waals surface area contributed by atoms with Gasteiger partial charge in [0.1, 0.15) is 23.6 Å². The summed E-state index contributed by atoms with van der Waals surface area (Å²) in [6.07, 6.45) is 2.25. The van der Waals surface area contributed by atoms with Crippen LogP contribution in [0.25, 0.3) is 0 Å². The molecule has 3 amide bonds. The number of likely N-dealkylation sites (tertiary alicyclic amines) is 1. The number of ether oxygens (including phenoxy) is 2. The van der Waals surface area contributed by atoms with Crippen LogP contribution in [0, 0.1) is 22.7 Å². The molecular formula is C27H33F3N4O5. The Bertz CT molecular complexity index is 1080. The third-order valence-electron chi connectivity index (χ3n) is 7.86. The Labute approximate surface area is 225 Å². The first-order valence-electron chi connectivity index (χ1n) is 13.3. The molecule has 39 heavy (non-hydrogen) atoms. The highest BCUT2D eigenvalue weighted by Gasteiger charge is 2.49. The van der Waals surface area contributed by atoms with Crippen molar-refractivity contribution >= 4 is 17.7 Å². The molecule has 2 aliphatic heterocycles. The molecule has 212 valence electrons. The zero-order valence-electron chi connectivity index (χ0n) is 21.6. The quantitative estimate of drug-likeness (QED) is 0.512. The lowest BCUT2D eigenvalue weighted by Crippen LogP contribution is -2.50. The lowest BCUT2D eigenvalue weighted by Gasteiger charge is -2.33. The summed E-state index contributed by atoms with van der Waals surface area (Å²) in [5.74, 6) is -1.55. The molecule has 0 bridgehead atoms. The van der Waals surface area contributed by atoms with Crippen molar-refractivity contribution < 1.29 is 37.0 Å². The average Bonchev–Trinajstić information content (AvgIpc) is 3.27. The molecule has 1 saturated carbocycles. The number of amides is 3. The molecule has 3 aliphatic rings. The van der Waals surface area contributed by atoms with Crippen molar-refractivity contribution in [2.24, 2.45) is 11.3 Å². The number of carbonyl (C=O) groups is 3. The third-order valence-corrected chi connectivity index (χ3v) is 7.86. The van der Waals surface area contributed by atoms with Gasteiger partial charge in [-0.3, -0.25) is 14.4 Å². The molecule has 3 fully saturated rings. The largest absolute Gasteiger partial charge is 0.573 e. The van der Waals surface area contributed by atoms with E-state index in [1.807, 2.05) is 0 Å². The van der Waals surface area contributed by atoms with Crippen molar-refractivity contribution in [2.45, 2.75) is 76.2 Å². The van der Waals surface area contributed by atoms with E-state index in [0.29, 0.717) is 25.9 Å². The maximum atomic E-state index is 13.4. The van der Waals surface area contributed by atoms with Crippen LogP contribution in [-0.4, -0.2) is 60.8 Å². The van der Waals surface area contributed by atoms with Crippen molar-refractivity contribution in [3.8, 4) is 17.6 Å². The van der Waals surface area contributed by atoms with Gasteiger partial charge < -0.3 is 25.0 Å². The van der Waals surface area contributed by atoms with Gasteiger partial charge in [0.25, 0.3) is 5.91 Å². The lowest BCUT2D eigenvalue weighted by molar-refractivity contribution is -0.274. The number of nitriles is 1. The summed E-state index contributed by atoms with van der Waals surface area (Å²) in [6.45, 7) is 0.602. The summed E-state index contributed by atoms with van der Waals surface area (Å²) in [7, 11) is 0. The van der Waals surface area contributed by atoms with Gasteiger partial charge in [-0.15, -0.1) is 13.2 Å². The number of alkyl halides is 3. The molecular weight excluding hydrogens is 517 g/mol. The van der Waals surface area contributed by atoms with E-state index in [0.717, 1.165) is 50.7 Å². The molecule has 4 rings (SSSR count). The molecule has 1 spiro atoms. The predicted octanol–water partition coefficient (Wildman–Crippen LogP) is 3.44. The first kappa shape index (κ1) is 28.5. The topological polar surface area (TPSA) is 121 Å². The van der Waals surface area contributed by atoms with E-state index >= 15 is 0 Å². The number of hydrogen-bond donors (Lipinski definition) is 2. The molecule has 1 aliphatic carbocycles. The maximum absolute atomic E-state index is 13.4. The van der Waals surface area contributed by atoms with Crippen LogP contribution in [0.3, 0.4) is 0 Å². The maximum Gasteiger partial charge on any atom is 0.573 e. The summed E-state index contributed by atoms with van der Waals surface area (Å²) in [4.78, 5) is 40.3. The van der Waals surface area contributed by atoms with Gasteiger partial charge in [0, 0.05) is 19.0 Å². The molecule has 3 atom stereocenters. The van der Waals surface area contributed by atoms with Crippen molar-refractivity contribution in [3.63, 3.8) is 0 Å². The van der Waals surface area contributed by atoms with Gasteiger partial charge in [-0.1, -0.05) is 19.3 Å². The molecule has 1 aromatic rings. The van der Waals surface area contributed by atoms with Gasteiger partial charge in [0.2, 0.25) is 11.8 Å². The van der Waals surface area contributed by atoms with Gasteiger partial charge in [0.15, 0.2) is 6.61 Å². The number of hydrogen-bond acceptors (Lipinski definition) is 6. The molecule has 2 saturated heterocycles. The zero-order valence-corrected chi connectivity index (χ0v) is 21.6. The summed E-state index contributed by atoms with van der Waals surface area (Å²) in [5.41, 5.74) is -0.183. The van der Waals surface area contributed by atoms with Gasteiger partial charge >= 0.3 is 6.36 Å². The minimum atomic E-state index is -4.81. The number of halogens is 3. The number of nitrogens with one attached hydrogen (secondary N) is 2. The Balaban J connectivity index is 1.40. The number of benzene rings is 1. The van der Waals surface area contributed by atoms with Crippen LogP contribution in [0.1, 0.15) is 57.8 Å². The molecule has 2 N–H and O–H groups in total. The van der Waals surface area contributed by atoms with E-state index in [1.165, 1.54) is 17.0 Å². The van der Waals surface area contributed by atoms with E-state index in [1.54, 1.807) is 0 Å². The van der Waals surface area contributed by atoms with E-state index in [-0.39, 0.29) is 29.4 Å². The predicted molar refractivity (Wildman–Crippen MR) is 132 cm³/mol. The van der Waals surface area contributed by atoms with Gasteiger partial charge in [-0.25, -0.2) is 0 Å².